The number of carbonyl (C=O) groups is 1. The number of hydrogen-bond donors (Lipinski definition) is 1. The van der Waals surface area contributed by atoms with E-state index in [1.807, 2.05) is 30.3 Å². The molecule has 0 spiro atoms. The van der Waals surface area contributed by atoms with Gasteiger partial charge in [0.25, 0.3) is 5.91 Å². The van der Waals surface area contributed by atoms with E-state index < -0.39 is 0 Å². The van der Waals surface area contributed by atoms with Crippen molar-refractivity contribution in [2.45, 2.75) is 12.8 Å². The smallest absolute Gasteiger partial charge is 0.293 e. The molecule has 1 amide bonds. The topological polar surface area (TPSA) is 68.5 Å². The van der Waals surface area contributed by atoms with Gasteiger partial charge in [0.05, 0.1) is 12.5 Å². The van der Waals surface area contributed by atoms with E-state index in [0.717, 1.165) is 18.7 Å². The standard InChI is InChI=1S/C14H16N4O/c15-8-4-11-18(12-6-2-1-3-7-12)14(19)13-16-9-5-10-17-13/h1-3,6-7H,4-5,9-11H2,(H,16,17). The molecule has 0 unspecified atom stereocenters. The molecule has 0 fully saturated rings. The number of benzene rings is 1. The van der Waals surface area contributed by atoms with Crippen LogP contribution in [0.3, 0.4) is 0 Å². The van der Waals surface area contributed by atoms with Crippen molar-refractivity contribution < 1.29 is 4.79 Å². The fourth-order valence-corrected chi connectivity index (χ4v) is 1.92. The van der Waals surface area contributed by atoms with Crippen LogP contribution in [0, 0.1) is 11.3 Å². The fraction of sp³-hybridized carbons (Fsp3) is 0.357. The third-order valence-corrected chi connectivity index (χ3v) is 2.86. The third kappa shape index (κ3) is 3.32. The Balaban J connectivity index is 2.20. The summed E-state index contributed by atoms with van der Waals surface area (Å²) in [6, 6.07) is 11.4. The summed E-state index contributed by atoms with van der Waals surface area (Å²) in [5.74, 6) is 0.231. The van der Waals surface area contributed by atoms with Crippen LogP contribution in [0.25, 0.3) is 0 Å². The van der Waals surface area contributed by atoms with Gasteiger partial charge in [-0.3, -0.25) is 9.79 Å². The molecule has 19 heavy (non-hydrogen) atoms. The Hall–Kier alpha value is -2.35. The molecule has 5 heteroatoms. The molecular formula is C14H16N4O. The molecule has 2 rings (SSSR count). The highest BCUT2D eigenvalue weighted by Crippen LogP contribution is 2.14. The maximum absolute atomic E-state index is 12.4. The number of nitrogens with one attached hydrogen (secondary N) is 1. The van der Waals surface area contributed by atoms with Gasteiger partial charge in [0.2, 0.25) is 0 Å². The quantitative estimate of drug-likeness (QED) is 0.883. The largest absolute Gasteiger partial charge is 0.366 e. The number of aliphatic imine (C=N–C) groups is 1. The van der Waals surface area contributed by atoms with Crippen molar-refractivity contribution in [2.75, 3.05) is 24.5 Å². The van der Waals surface area contributed by atoms with Gasteiger partial charge in [-0.15, -0.1) is 0 Å². The van der Waals surface area contributed by atoms with E-state index in [9.17, 15) is 4.79 Å². The van der Waals surface area contributed by atoms with Crippen LogP contribution in [0.15, 0.2) is 35.3 Å². The predicted molar refractivity (Wildman–Crippen MR) is 73.9 cm³/mol. The molecule has 0 saturated carbocycles. The summed E-state index contributed by atoms with van der Waals surface area (Å²) in [4.78, 5) is 18.2. The van der Waals surface area contributed by atoms with Gasteiger partial charge in [0, 0.05) is 25.3 Å². The number of rotatable bonds is 4. The van der Waals surface area contributed by atoms with E-state index in [-0.39, 0.29) is 5.91 Å². The molecular weight excluding hydrogens is 240 g/mol. The Morgan fingerprint density at radius 1 is 1.42 bits per heavy atom. The van der Waals surface area contributed by atoms with E-state index in [1.165, 1.54) is 0 Å². The second kappa shape index (κ2) is 6.55. The first kappa shape index (κ1) is 13.1. The lowest BCUT2D eigenvalue weighted by molar-refractivity contribution is -0.112. The van der Waals surface area contributed by atoms with Crippen molar-refractivity contribution in [1.82, 2.24) is 5.32 Å². The molecule has 0 aromatic heterocycles. The van der Waals surface area contributed by atoms with Gasteiger partial charge in [-0.1, -0.05) is 18.2 Å². The Kier molecular flexibility index (Phi) is 4.51. The van der Waals surface area contributed by atoms with Gasteiger partial charge in [-0.05, 0) is 18.6 Å². The summed E-state index contributed by atoms with van der Waals surface area (Å²) in [5, 5.41) is 11.7. The first-order valence-corrected chi connectivity index (χ1v) is 6.35. The van der Waals surface area contributed by atoms with Gasteiger partial charge in [-0.25, -0.2) is 0 Å². The molecule has 5 nitrogen and oxygen atoms in total. The molecule has 1 aromatic rings. The summed E-state index contributed by atoms with van der Waals surface area (Å²) >= 11 is 0. The zero-order chi connectivity index (χ0) is 13.5. The molecule has 0 saturated heterocycles. The highest BCUT2D eigenvalue weighted by atomic mass is 16.2. The van der Waals surface area contributed by atoms with Crippen LogP contribution in [-0.2, 0) is 4.79 Å². The van der Waals surface area contributed by atoms with Crippen LogP contribution >= 0.6 is 0 Å². The minimum Gasteiger partial charge on any atom is -0.366 e. The Labute approximate surface area is 112 Å². The van der Waals surface area contributed by atoms with Gasteiger partial charge in [-0.2, -0.15) is 5.26 Å². The van der Waals surface area contributed by atoms with Crippen LogP contribution in [0.5, 0.6) is 0 Å². The normalized spacial score (nSPS) is 13.9. The fourth-order valence-electron chi connectivity index (χ4n) is 1.92. The summed E-state index contributed by atoms with van der Waals surface area (Å²) in [7, 11) is 0. The number of hydrogen-bond acceptors (Lipinski definition) is 4. The van der Waals surface area contributed by atoms with Crippen LogP contribution in [0.4, 0.5) is 5.69 Å². The summed E-state index contributed by atoms with van der Waals surface area (Å²) in [6.07, 6.45) is 1.24. The molecule has 0 atom stereocenters. The molecule has 1 N–H and O–H groups in total. The van der Waals surface area contributed by atoms with Crippen LogP contribution in [-0.4, -0.2) is 31.4 Å². The SMILES string of the molecule is N#CCCN(C(=O)C1=NCCCN1)c1ccccc1. The van der Waals surface area contributed by atoms with Crippen molar-refractivity contribution in [3.05, 3.63) is 30.3 Å². The number of carbonyl (C=O) groups excluding carboxylic acids is 1. The highest BCUT2D eigenvalue weighted by molar-refractivity contribution is 6.42. The molecule has 1 aromatic carbocycles. The summed E-state index contributed by atoms with van der Waals surface area (Å²) in [5.41, 5.74) is 0.790. The van der Waals surface area contributed by atoms with Crippen molar-refractivity contribution >= 4 is 17.4 Å². The molecule has 1 aliphatic rings. The third-order valence-electron chi connectivity index (χ3n) is 2.86. The number of anilines is 1. The van der Waals surface area contributed by atoms with Crippen molar-refractivity contribution in [1.29, 1.82) is 5.26 Å². The number of nitriles is 1. The molecule has 1 aliphatic heterocycles. The Morgan fingerprint density at radius 3 is 2.84 bits per heavy atom. The zero-order valence-electron chi connectivity index (χ0n) is 10.7. The average Bonchev–Trinajstić information content (AvgIpc) is 2.49. The van der Waals surface area contributed by atoms with Crippen LogP contribution in [0.2, 0.25) is 0 Å². The van der Waals surface area contributed by atoms with E-state index in [1.54, 1.807) is 4.90 Å². The minimum atomic E-state index is -0.166. The molecule has 0 bridgehead atoms. The Morgan fingerprint density at radius 2 is 2.21 bits per heavy atom. The Bertz CT molecular complexity index is 504. The van der Waals surface area contributed by atoms with Gasteiger partial charge in [0.1, 0.15) is 0 Å². The number of para-hydroxylation sites is 1. The predicted octanol–water partition coefficient (Wildman–Crippen LogP) is 1.33. The maximum atomic E-state index is 12.4. The zero-order valence-corrected chi connectivity index (χ0v) is 10.7. The average molecular weight is 256 g/mol. The number of nitrogens with zero attached hydrogens (tertiary/aromatic N) is 3. The highest BCUT2D eigenvalue weighted by Gasteiger charge is 2.22. The number of amides is 1. The minimum absolute atomic E-state index is 0.166. The maximum Gasteiger partial charge on any atom is 0.293 e. The van der Waals surface area contributed by atoms with E-state index in [4.69, 9.17) is 5.26 Å². The van der Waals surface area contributed by atoms with E-state index >= 15 is 0 Å². The van der Waals surface area contributed by atoms with E-state index in [2.05, 4.69) is 16.4 Å². The van der Waals surface area contributed by atoms with Gasteiger partial charge in [0.15, 0.2) is 5.84 Å². The molecule has 0 radical (unpaired) electrons. The molecule has 98 valence electrons. The lowest BCUT2D eigenvalue weighted by Gasteiger charge is -2.24. The second-order valence-electron chi connectivity index (χ2n) is 4.21. The molecule has 0 aliphatic carbocycles. The summed E-state index contributed by atoms with van der Waals surface area (Å²) in [6.45, 7) is 1.82. The van der Waals surface area contributed by atoms with Crippen molar-refractivity contribution in [2.24, 2.45) is 4.99 Å². The van der Waals surface area contributed by atoms with E-state index in [0.29, 0.717) is 25.3 Å². The van der Waals surface area contributed by atoms with Gasteiger partial charge >= 0.3 is 0 Å². The lowest BCUT2D eigenvalue weighted by atomic mass is 10.2. The first-order chi connectivity index (χ1) is 9.33. The van der Waals surface area contributed by atoms with Crippen LogP contribution < -0.4 is 10.2 Å². The lowest BCUT2D eigenvalue weighted by Crippen LogP contribution is -2.45. The van der Waals surface area contributed by atoms with Crippen LogP contribution in [0.1, 0.15) is 12.8 Å². The number of amidine groups is 1. The van der Waals surface area contributed by atoms with Crippen molar-refractivity contribution in [3.63, 3.8) is 0 Å². The summed E-state index contributed by atoms with van der Waals surface area (Å²) < 4.78 is 0. The monoisotopic (exact) mass is 256 g/mol. The molecule has 1 heterocycles. The second-order valence-corrected chi connectivity index (χ2v) is 4.21. The van der Waals surface area contributed by atoms with Gasteiger partial charge < -0.3 is 10.2 Å². The first-order valence-electron chi connectivity index (χ1n) is 6.35. The van der Waals surface area contributed by atoms with Crippen molar-refractivity contribution in [3.8, 4) is 6.07 Å².